The Morgan fingerprint density at radius 1 is 0.233 bits per heavy atom. The number of aromatic nitrogens is 4. The van der Waals surface area contributed by atoms with Crippen LogP contribution in [-0.2, 0) is 28.2 Å². The van der Waals surface area contributed by atoms with Crippen LogP contribution in [0.4, 0.5) is 0 Å². The molecule has 103 heavy (non-hydrogen) atoms. The largest absolute Gasteiger partial charge is 0.450 e. The quantitative estimate of drug-likeness (QED) is 0.165. The fourth-order valence-corrected chi connectivity index (χ4v) is 15.5. The van der Waals surface area contributed by atoms with Crippen molar-refractivity contribution in [2.24, 2.45) is 28.2 Å². The van der Waals surface area contributed by atoms with E-state index >= 15 is 0 Å². The lowest BCUT2D eigenvalue weighted by Crippen LogP contribution is -2.30. The van der Waals surface area contributed by atoms with Crippen LogP contribution in [0.1, 0.15) is 43.1 Å². The maximum Gasteiger partial charge on any atom is 0.213 e. The summed E-state index contributed by atoms with van der Waals surface area (Å²) in [6, 6.07) is 86.7. The van der Waals surface area contributed by atoms with Crippen molar-refractivity contribution in [3.63, 3.8) is 0 Å². The van der Waals surface area contributed by atoms with E-state index in [-0.39, 0.29) is 0 Å². The molecule has 8 nitrogen and oxygen atoms in total. The first kappa shape index (κ1) is 60.4. The van der Waals surface area contributed by atoms with E-state index in [9.17, 15) is 0 Å². The molecule has 20 aromatic rings. The fraction of sp³-hybridized carbons (Fsp3) is 0.116. The summed E-state index contributed by atoms with van der Waals surface area (Å²) in [6.07, 6.45) is 8.27. The van der Waals surface area contributed by atoms with Crippen LogP contribution in [0.25, 0.3) is 176 Å². The number of pyridine rings is 4. The van der Waals surface area contributed by atoms with E-state index in [0.29, 0.717) is 5.56 Å². The average molecular weight is 1340 g/mol. The van der Waals surface area contributed by atoms with E-state index in [2.05, 4.69) is 300 Å². The van der Waals surface area contributed by atoms with Crippen LogP contribution in [-0.4, -0.2) is 0 Å². The van der Waals surface area contributed by atoms with E-state index < -0.39 is 6.85 Å². The molecule has 8 aromatic heterocycles. The zero-order valence-corrected chi connectivity index (χ0v) is 59.4. The highest BCUT2D eigenvalue weighted by atomic mass is 16.3. The number of nitrogens with zero attached hydrogens (tertiary/aromatic N) is 4. The maximum absolute atomic E-state index is 7.66. The van der Waals surface area contributed by atoms with Crippen molar-refractivity contribution in [2.45, 2.75) is 48.4 Å². The smallest absolute Gasteiger partial charge is 0.213 e. The van der Waals surface area contributed by atoms with Gasteiger partial charge in [0, 0.05) is 93.7 Å². The highest BCUT2D eigenvalue weighted by Gasteiger charge is 2.24. The van der Waals surface area contributed by atoms with Crippen LogP contribution in [0.2, 0.25) is 0 Å². The van der Waals surface area contributed by atoms with Gasteiger partial charge in [0.05, 0.1) is 0 Å². The minimum atomic E-state index is -2.10. The lowest BCUT2D eigenvalue weighted by Gasteiger charge is -2.06. The highest BCUT2D eigenvalue weighted by molar-refractivity contribution is 6.20. The van der Waals surface area contributed by atoms with Crippen LogP contribution >= 0.6 is 0 Å². The molecule has 8 heterocycles. The molecule has 0 atom stereocenters. The van der Waals surface area contributed by atoms with Crippen LogP contribution in [0.15, 0.2) is 291 Å². The average Bonchev–Trinajstić information content (AvgIpc) is 1.58. The number of rotatable bonds is 4. The Balaban J connectivity index is 0.000000104. The van der Waals surface area contributed by atoms with Crippen LogP contribution < -0.4 is 18.3 Å². The first-order chi connectivity index (χ1) is 51.2. The number of furan rings is 4. The van der Waals surface area contributed by atoms with Gasteiger partial charge in [-0.1, -0.05) is 180 Å². The minimum Gasteiger partial charge on any atom is -0.450 e. The summed E-state index contributed by atoms with van der Waals surface area (Å²) in [6.45, 7) is 10.6. The lowest BCUT2D eigenvalue weighted by atomic mass is 10.00. The zero-order chi connectivity index (χ0) is 73.0. The van der Waals surface area contributed by atoms with Gasteiger partial charge >= 0.3 is 0 Å². The van der Waals surface area contributed by atoms with E-state index in [4.69, 9.17) is 21.8 Å². The first-order valence-corrected chi connectivity index (χ1v) is 35.0. The van der Waals surface area contributed by atoms with Crippen molar-refractivity contribution in [2.75, 3.05) is 0 Å². The van der Waals surface area contributed by atoms with Gasteiger partial charge in [0.2, 0.25) is 47.6 Å². The van der Waals surface area contributed by atoms with Crippen LogP contribution in [0.5, 0.6) is 0 Å². The number of aryl methyl sites for hydroxylation is 11. The van der Waals surface area contributed by atoms with Gasteiger partial charge in [-0.2, -0.15) is 18.3 Å². The topological polar surface area (TPSA) is 68.1 Å². The molecule has 0 spiro atoms. The number of fused-ring (bicyclic) bond motifs is 18. The van der Waals surface area contributed by atoms with Gasteiger partial charge in [-0.25, -0.2) is 0 Å². The molecule has 0 bridgehead atoms. The molecule has 0 aliphatic rings. The Morgan fingerprint density at radius 2 is 0.544 bits per heavy atom. The van der Waals surface area contributed by atoms with Gasteiger partial charge in [0.15, 0.2) is 22.3 Å². The summed E-state index contributed by atoms with van der Waals surface area (Å²) >= 11 is 0. The normalized spacial score (nSPS) is 12.2. The Morgan fingerprint density at radius 3 is 0.942 bits per heavy atom. The molecule has 0 saturated carbocycles. The SMILES string of the molecule is Cc1ccc(-c2cc3c(c[n+]2C)oc2cc4ccccc4cc23)c(C)c1.Cc1ccc(-c2cc3c(c[n+]2C)oc2ccc4ccccc4c23)c(C)c1.Cc1ccccc1-c1cc2c(c[n+]1C)oc1cc3ccccc3cc12.[2H]C([2H])([2H])c1ccc(-c2cc3c(c[n+]2C)oc2ccc4ccccc4c23)c(C)c1. The number of hydrogen-bond donors (Lipinski definition) is 0. The van der Waals surface area contributed by atoms with Crippen molar-refractivity contribution >= 4 is 131 Å². The zero-order valence-electron chi connectivity index (χ0n) is 62.4. The third-order valence-electron chi connectivity index (χ3n) is 20.7. The highest BCUT2D eigenvalue weighted by Crippen LogP contribution is 2.40. The van der Waals surface area contributed by atoms with E-state index in [0.717, 1.165) is 83.0 Å². The van der Waals surface area contributed by atoms with Crippen molar-refractivity contribution in [1.29, 1.82) is 0 Å². The van der Waals surface area contributed by atoms with Crippen molar-refractivity contribution in [3.8, 4) is 45.0 Å². The van der Waals surface area contributed by atoms with Gasteiger partial charge in [0.25, 0.3) is 0 Å². The van der Waals surface area contributed by atoms with Crippen LogP contribution in [0.3, 0.4) is 0 Å². The Bertz CT molecular complexity index is 6960. The predicted molar refractivity (Wildman–Crippen MR) is 425 cm³/mol. The summed E-state index contributed by atoms with van der Waals surface area (Å²) in [4.78, 5) is 0. The van der Waals surface area contributed by atoms with E-state index in [1.807, 2.05) is 49.0 Å². The molecule has 20 rings (SSSR count). The third kappa shape index (κ3) is 11.6. The summed E-state index contributed by atoms with van der Waals surface area (Å²) in [5.41, 5.74) is 24.4. The molecular formula is C95H78N4O4+4. The monoisotopic (exact) mass is 1340 g/mol. The van der Waals surface area contributed by atoms with E-state index in [1.165, 1.54) is 126 Å². The second-order valence-electron chi connectivity index (χ2n) is 27.8. The molecule has 12 aromatic carbocycles. The van der Waals surface area contributed by atoms with Crippen molar-refractivity contribution in [1.82, 2.24) is 0 Å². The Labute approximate surface area is 601 Å². The molecule has 0 fully saturated rings. The predicted octanol–water partition coefficient (Wildman–Crippen LogP) is 23.1. The van der Waals surface area contributed by atoms with Gasteiger partial charge in [-0.15, -0.1) is 0 Å². The second-order valence-corrected chi connectivity index (χ2v) is 27.8. The summed E-state index contributed by atoms with van der Waals surface area (Å²) in [5, 5.41) is 18.9. The summed E-state index contributed by atoms with van der Waals surface area (Å²) in [5.74, 6) is 0. The number of hydrogen-bond acceptors (Lipinski definition) is 4. The summed E-state index contributed by atoms with van der Waals surface area (Å²) in [7, 11) is 8.22. The van der Waals surface area contributed by atoms with Gasteiger partial charge in [-0.05, 0) is 174 Å². The molecule has 8 heteroatoms. The molecule has 0 aliphatic carbocycles. The number of benzene rings is 12. The third-order valence-corrected chi connectivity index (χ3v) is 20.7. The Hall–Kier alpha value is -12.5. The second kappa shape index (κ2) is 25.6. The van der Waals surface area contributed by atoms with Gasteiger partial charge < -0.3 is 17.7 Å². The maximum atomic E-state index is 7.66. The minimum absolute atomic E-state index is 0.363. The van der Waals surface area contributed by atoms with Crippen LogP contribution in [0, 0.1) is 48.4 Å². The molecular weight excluding hydrogens is 1260 g/mol. The molecule has 0 amide bonds. The molecule has 0 unspecified atom stereocenters. The van der Waals surface area contributed by atoms with Gasteiger partial charge in [-0.3, -0.25) is 0 Å². The van der Waals surface area contributed by atoms with E-state index in [1.54, 1.807) is 12.1 Å². The van der Waals surface area contributed by atoms with Crippen molar-refractivity contribution in [3.05, 3.63) is 312 Å². The van der Waals surface area contributed by atoms with Crippen molar-refractivity contribution < 1.29 is 40.0 Å². The lowest BCUT2D eigenvalue weighted by molar-refractivity contribution is -0.659. The first-order valence-electron chi connectivity index (χ1n) is 36.5. The Kier molecular flexibility index (Phi) is 15.0. The molecule has 0 N–H and O–H groups in total. The molecule has 0 saturated heterocycles. The summed E-state index contributed by atoms with van der Waals surface area (Å²) < 4.78 is 56.1. The fourth-order valence-electron chi connectivity index (χ4n) is 15.5. The molecule has 498 valence electrons. The standard InChI is InChI=1S/3C24H20NO.C23H18NO/c2*1-15-8-10-18(16(2)12-15)21-13-20-23(14-25(21)3)26-22-11-9-17-6-4-5-7-19(17)24(20)22;1-15-8-9-19(16(2)10-15)22-13-21-20-11-17-6-4-5-7-18(17)12-23(20)26-24(21)14-25(22)3;1-15-7-3-6-10-18(15)21-13-20-19-11-16-8-4-5-9-17(16)12-22(19)25-23(20)14-24(21)2/h3*4-14H,1-3H3;3-14H,1-2H3/q4*+1/i1D3;;;. The molecule has 0 aliphatic heterocycles. The van der Waals surface area contributed by atoms with Gasteiger partial charge in [0.1, 0.15) is 50.5 Å². The molecule has 0 radical (unpaired) electrons.